The van der Waals surface area contributed by atoms with Gasteiger partial charge in [0.05, 0.1) is 0 Å². The second-order valence-corrected chi connectivity index (χ2v) is 4.97. The highest BCUT2D eigenvalue weighted by Crippen LogP contribution is 2.07. The van der Waals surface area contributed by atoms with Crippen LogP contribution in [0.15, 0.2) is 11.6 Å². The maximum atomic E-state index is 11.3. The molecule has 1 fully saturated rings. The lowest BCUT2D eigenvalue weighted by atomic mass is 10.2. The lowest BCUT2D eigenvalue weighted by Gasteiger charge is -2.21. The van der Waals surface area contributed by atoms with Gasteiger partial charge in [0.1, 0.15) is 0 Å². The third-order valence-corrected chi connectivity index (χ3v) is 3.29. The third kappa shape index (κ3) is 5.35. The Balaban J connectivity index is 2.38. The van der Waals surface area contributed by atoms with E-state index >= 15 is 0 Å². The minimum Gasteiger partial charge on any atom is -0.342 e. The Hall–Kier alpha value is -0.830. The zero-order chi connectivity index (χ0) is 12.7. The van der Waals surface area contributed by atoms with Crippen LogP contribution in [0.3, 0.4) is 0 Å². The van der Waals surface area contributed by atoms with Gasteiger partial charge in [-0.25, -0.2) is 0 Å². The molecular formula is C14H26N2O. The van der Waals surface area contributed by atoms with Crippen LogP contribution in [-0.4, -0.2) is 48.4 Å². The van der Waals surface area contributed by atoms with Crippen LogP contribution in [0.5, 0.6) is 0 Å². The largest absolute Gasteiger partial charge is 0.342 e. The summed E-state index contributed by atoms with van der Waals surface area (Å²) in [5, 5.41) is 0. The number of rotatable bonds is 4. The number of carbonyl (C=O) groups is 1. The van der Waals surface area contributed by atoms with E-state index in [2.05, 4.69) is 24.8 Å². The summed E-state index contributed by atoms with van der Waals surface area (Å²) >= 11 is 0. The smallest absolute Gasteiger partial charge is 0.219 e. The van der Waals surface area contributed by atoms with E-state index in [0.717, 1.165) is 39.1 Å². The molecule has 1 rings (SSSR count). The fraction of sp³-hybridized carbons (Fsp3) is 0.786. The van der Waals surface area contributed by atoms with Crippen molar-refractivity contribution >= 4 is 5.91 Å². The summed E-state index contributed by atoms with van der Waals surface area (Å²) in [4.78, 5) is 15.7. The Bertz CT molecular complexity index is 273. The van der Waals surface area contributed by atoms with Gasteiger partial charge in [0.15, 0.2) is 0 Å². The van der Waals surface area contributed by atoms with E-state index in [1.807, 2.05) is 4.90 Å². The van der Waals surface area contributed by atoms with Crippen LogP contribution in [0.1, 0.15) is 40.0 Å². The maximum absolute atomic E-state index is 11.3. The Morgan fingerprint density at radius 1 is 1.18 bits per heavy atom. The van der Waals surface area contributed by atoms with Crippen LogP contribution in [-0.2, 0) is 4.79 Å². The predicted octanol–water partition coefficient (Wildman–Crippen LogP) is 2.29. The molecule has 98 valence electrons. The molecule has 0 aromatic heterocycles. The Morgan fingerprint density at radius 2 is 1.94 bits per heavy atom. The van der Waals surface area contributed by atoms with Crippen LogP contribution < -0.4 is 0 Å². The van der Waals surface area contributed by atoms with Gasteiger partial charge in [-0.3, -0.25) is 9.69 Å². The Morgan fingerprint density at radius 3 is 2.59 bits per heavy atom. The van der Waals surface area contributed by atoms with Crippen LogP contribution >= 0.6 is 0 Å². The van der Waals surface area contributed by atoms with Gasteiger partial charge in [-0.1, -0.05) is 25.0 Å². The number of hydrogen-bond acceptors (Lipinski definition) is 2. The topological polar surface area (TPSA) is 23.6 Å². The van der Waals surface area contributed by atoms with E-state index in [0.29, 0.717) is 0 Å². The van der Waals surface area contributed by atoms with Crippen molar-refractivity contribution in [2.75, 3.05) is 32.7 Å². The zero-order valence-corrected chi connectivity index (χ0v) is 11.5. The lowest BCUT2D eigenvalue weighted by Crippen LogP contribution is -2.34. The van der Waals surface area contributed by atoms with Crippen LogP contribution in [0.25, 0.3) is 0 Å². The number of unbranched alkanes of at least 4 members (excludes halogenated alkanes) is 1. The van der Waals surface area contributed by atoms with E-state index < -0.39 is 0 Å². The van der Waals surface area contributed by atoms with E-state index in [-0.39, 0.29) is 5.91 Å². The molecule has 1 aliphatic heterocycles. The van der Waals surface area contributed by atoms with Crippen molar-refractivity contribution in [1.29, 1.82) is 0 Å². The van der Waals surface area contributed by atoms with Crippen molar-refractivity contribution in [1.82, 2.24) is 9.80 Å². The molecule has 0 N–H and O–H groups in total. The minimum atomic E-state index is 0.213. The summed E-state index contributed by atoms with van der Waals surface area (Å²) in [6, 6.07) is 0. The molecule has 0 atom stereocenters. The number of hydrogen-bond donors (Lipinski definition) is 0. The van der Waals surface area contributed by atoms with Crippen LogP contribution in [0.2, 0.25) is 0 Å². The number of nitrogens with zero attached hydrogens (tertiary/aromatic N) is 2. The first-order chi connectivity index (χ1) is 8.13. The first-order valence-electron chi connectivity index (χ1n) is 6.77. The second kappa shape index (κ2) is 7.49. The van der Waals surface area contributed by atoms with Gasteiger partial charge in [0.2, 0.25) is 5.91 Å². The molecule has 0 spiro atoms. The molecule has 0 bridgehead atoms. The molecule has 1 heterocycles. The van der Waals surface area contributed by atoms with Gasteiger partial charge in [-0.2, -0.15) is 0 Å². The maximum Gasteiger partial charge on any atom is 0.219 e. The second-order valence-electron chi connectivity index (χ2n) is 4.97. The van der Waals surface area contributed by atoms with Crippen molar-refractivity contribution in [2.45, 2.75) is 40.0 Å². The molecule has 0 aliphatic carbocycles. The highest BCUT2D eigenvalue weighted by atomic mass is 16.2. The lowest BCUT2D eigenvalue weighted by molar-refractivity contribution is -0.128. The Labute approximate surface area is 105 Å². The fourth-order valence-corrected chi connectivity index (χ4v) is 2.25. The molecule has 17 heavy (non-hydrogen) atoms. The fourth-order valence-electron chi connectivity index (χ4n) is 2.25. The molecule has 0 aromatic rings. The summed E-state index contributed by atoms with van der Waals surface area (Å²) in [5.41, 5.74) is 1.46. The van der Waals surface area contributed by atoms with Gasteiger partial charge < -0.3 is 4.90 Å². The van der Waals surface area contributed by atoms with E-state index in [1.54, 1.807) is 6.92 Å². The monoisotopic (exact) mass is 238 g/mol. The van der Waals surface area contributed by atoms with Crippen molar-refractivity contribution in [3.63, 3.8) is 0 Å². The molecule has 0 saturated carbocycles. The first kappa shape index (κ1) is 14.2. The molecule has 0 radical (unpaired) electrons. The predicted molar refractivity (Wildman–Crippen MR) is 72.0 cm³/mol. The molecule has 3 nitrogen and oxygen atoms in total. The summed E-state index contributed by atoms with van der Waals surface area (Å²) in [7, 11) is 0. The van der Waals surface area contributed by atoms with Gasteiger partial charge >= 0.3 is 0 Å². The standard InChI is InChI=1S/C14H26N2O/c1-4-5-7-13(2)12-15-8-6-9-16(11-10-15)14(3)17/h7H,4-6,8-12H2,1-3H3. The van der Waals surface area contributed by atoms with Crippen LogP contribution in [0, 0.1) is 0 Å². The van der Waals surface area contributed by atoms with Gasteiger partial charge in [-0.05, 0) is 19.8 Å². The van der Waals surface area contributed by atoms with Gasteiger partial charge in [-0.15, -0.1) is 0 Å². The highest BCUT2D eigenvalue weighted by Gasteiger charge is 2.16. The molecule has 1 saturated heterocycles. The molecule has 3 heteroatoms. The molecular weight excluding hydrogens is 212 g/mol. The summed E-state index contributed by atoms with van der Waals surface area (Å²) < 4.78 is 0. The average molecular weight is 238 g/mol. The van der Waals surface area contributed by atoms with Crippen molar-refractivity contribution in [3.05, 3.63) is 11.6 Å². The molecule has 0 aromatic carbocycles. The van der Waals surface area contributed by atoms with E-state index in [1.165, 1.54) is 18.4 Å². The number of carbonyl (C=O) groups excluding carboxylic acids is 1. The molecule has 1 amide bonds. The highest BCUT2D eigenvalue weighted by molar-refractivity contribution is 5.73. The normalized spacial score (nSPS) is 19.2. The Kier molecular flexibility index (Phi) is 6.27. The number of allylic oxidation sites excluding steroid dienone is 1. The van der Waals surface area contributed by atoms with E-state index in [4.69, 9.17) is 0 Å². The number of amides is 1. The third-order valence-electron chi connectivity index (χ3n) is 3.29. The van der Waals surface area contributed by atoms with E-state index in [9.17, 15) is 4.79 Å². The summed E-state index contributed by atoms with van der Waals surface area (Å²) in [6.07, 6.45) is 5.84. The van der Waals surface area contributed by atoms with Crippen molar-refractivity contribution in [2.24, 2.45) is 0 Å². The van der Waals surface area contributed by atoms with Crippen molar-refractivity contribution < 1.29 is 4.79 Å². The quantitative estimate of drug-likeness (QED) is 0.702. The first-order valence-corrected chi connectivity index (χ1v) is 6.77. The van der Waals surface area contributed by atoms with Crippen LogP contribution in [0.4, 0.5) is 0 Å². The average Bonchev–Trinajstić information content (AvgIpc) is 2.52. The SMILES string of the molecule is CCCC=C(C)CN1CCCN(C(C)=O)CC1. The summed E-state index contributed by atoms with van der Waals surface area (Å²) in [6.45, 7) is 11.1. The van der Waals surface area contributed by atoms with Crippen molar-refractivity contribution in [3.8, 4) is 0 Å². The molecule has 1 aliphatic rings. The summed E-state index contributed by atoms with van der Waals surface area (Å²) in [5.74, 6) is 0.213. The minimum absolute atomic E-state index is 0.213. The van der Waals surface area contributed by atoms with Gasteiger partial charge in [0.25, 0.3) is 0 Å². The molecule has 0 unspecified atom stereocenters. The van der Waals surface area contributed by atoms with Gasteiger partial charge in [0, 0.05) is 39.6 Å². The zero-order valence-electron chi connectivity index (χ0n) is 11.5.